The molecule has 2 heterocycles. The first kappa shape index (κ1) is 34.9. The summed E-state index contributed by atoms with van der Waals surface area (Å²) in [6, 6.07) is 17.0. The third kappa shape index (κ3) is 7.03. The van der Waals surface area contributed by atoms with Gasteiger partial charge in [-0.25, -0.2) is 21.2 Å². The second kappa shape index (κ2) is 13.8. The molecular formula is C34H42FN3O8S2. The summed E-state index contributed by atoms with van der Waals surface area (Å²) < 4.78 is 79.9. The van der Waals surface area contributed by atoms with E-state index in [1.54, 1.807) is 36.4 Å². The van der Waals surface area contributed by atoms with E-state index in [2.05, 4.69) is 5.32 Å². The molecule has 5 N–H and O–H groups in total. The molecule has 48 heavy (non-hydrogen) atoms. The van der Waals surface area contributed by atoms with Crippen molar-refractivity contribution in [2.45, 2.75) is 70.9 Å². The van der Waals surface area contributed by atoms with Crippen LogP contribution in [0.3, 0.4) is 0 Å². The van der Waals surface area contributed by atoms with E-state index < -0.39 is 48.7 Å². The topological polar surface area (TPSA) is 168 Å². The first-order valence-electron chi connectivity index (χ1n) is 16.1. The van der Waals surface area contributed by atoms with Gasteiger partial charge in [0.25, 0.3) is 0 Å². The minimum Gasteiger partial charge on any atom is -0.491 e. The highest BCUT2D eigenvalue weighted by Gasteiger charge is 2.54. The molecule has 3 aliphatic rings. The molecule has 1 saturated carbocycles. The fraction of sp³-hybridized carbons (Fsp3) is 0.471. The minimum atomic E-state index is -3.87. The number of nitrogens with zero attached hydrogens (tertiary/aromatic N) is 1. The van der Waals surface area contributed by atoms with Crippen LogP contribution in [0.15, 0.2) is 76.5 Å². The molecule has 260 valence electrons. The van der Waals surface area contributed by atoms with Gasteiger partial charge < -0.3 is 30.7 Å². The van der Waals surface area contributed by atoms with Gasteiger partial charge >= 0.3 is 0 Å². The Labute approximate surface area is 280 Å². The molecule has 3 aromatic carbocycles. The number of aliphatic hydroxyl groups excluding tert-OH is 2. The van der Waals surface area contributed by atoms with Gasteiger partial charge in [-0.1, -0.05) is 30.3 Å². The lowest BCUT2D eigenvalue weighted by Gasteiger charge is -2.38. The number of hydrogen-bond acceptors (Lipinski definition) is 10. The monoisotopic (exact) mass is 703 g/mol. The summed E-state index contributed by atoms with van der Waals surface area (Å²) in [6.07, 6.45) is 1.63. The van der Waals surface area contributed by atoms with Gasteiger partial charge in [-0.2, -0.15) is 4.31 Å². The predicted octanol–water partition coefficient (Wildman–Crippen LogP) is 2.59. The molecular weight excluding hydrogens is 662 g/mol. The third-order valence-corrected chi connectivity index (χ3v) is 14.2. The second-order valence-electron chi connectivity index (χ2n) is 13.0. The van der Waals surface area contributed by atoms with Gasteiger partial charge in [0, 0.05) is 37.8 Å². The van der Waals surface area contributed by atoms with Crippen LogP contribution in [0.1, 0.15) is 37.7 Å². The van der Waals surface area contributed by atoms with Crippen molar-refractivity contribution in [3.63, 3.8) is 0 Å². The van der Waals surface area contributed by atoms with Crippen molar-refractivity contribution >= 4 is 19.9 Å². The summed E-state index contributed by atoms with van der Waals surface area (Å²) in [4.78, 5) is 0.119. The van der Waals surface area contributed by atoms with Crippen LogP contribution in [0, 0.1) is 5.82 Å². The molecule has 14 heteroatoms. The molecule has 2 saturated heterocycles. The van der Waals surface area contributed by atoms with E-state index in [-0.39, 0.29) is 47.6 Å². The molecule has 0 radical (unpaired) electrons. The van der Waals surface area contributed by atoms with Gasteiger partial charge in [0.15, 0.2) is 9.84 Å². The first-order valence-corrected chi connectivity index (χ1v) is 19.1. The molecule has 0 aromatic heterocycles. The molecule has 0 bridgehead atoms. The number of nitrogens with two attached hydrogens (primary N) is 1. The summed E-state index contributed by atoms with van der Waals surface area (Å²) in [5.74, 6) is -0.196. The summed E-state index contributed by atoms with van der Waals surface area (Å²) in [5, 5.41) is 23.5. The number of sulfone groups is 1. The summed E-state index contributed by atoms with van der Waals surface area (Å²) >= 11 is 0. The van der Waals surface area contributed by atoms with E-state index in [4.69, 9.17) is 15.2 Å². The van der Waals surface area contributed by atoms with Crippen molar-refractivity contribution in [2.24, 2.45) is 5.73 Å². The first-order chi connectivity index (χ1) is 22.9. The fourth-order valence-electron chi connectivity index (χ4n) is 6.50. The van der Waals surface area contributed by atoms with Crippen LogP contribution in [0.5, 0.6) is 5.75 Å². The smallest absolute Gasteiger partial charge is 0.243 e. The Bertz CT molecular complexity index is 1830. The molecule has 1 unspecified atom stereocenters. The van der Waals surface area contributed by atoms with Crippen molar-refractivity contribution in [2.75, 3.05) is 39.5 Å². The van der Waals surface area contributed by atoms with Crippen LogP contribution in [0.25, 0.3) is 11.1 Å². The van der Waals surface area contributed by atoms with Gasteiger partial charge in [-0.05, 0) is 79.6 Å². The number of ether oxygens (including phenoxy) is 2. The number of nitrogens with one attached hydrogen (secondary N) is 1. The molecule has 0 amide bonds. The van der Waals surface area contributed by atoms with Crippen LogP contribution >= 0.6 is 0 Å². The highest BCUT2D eigenvalue weighted by atomic mass is 32.2. The highest BCUT2D eigenvalue weighted by molar-refractivity contribution is 7.93. The number of benzene rings is 3. The van der Waals surface area contributed by atoms with Gasteiger partial charge in [-0.3, -0.25) is 0 Å². The maximum absolute atomic E-state index is 14.7. The van der Waals surface area contributed by atoms with Crippen LogP contribution in [0.4, 0.5) is 4.39 Å². The predicted molar refractivity (Wildman–Crippen MR) is 177 cm³/mol. The molecule has 3 aromatic rings. The van der Waals surface area contributed by atoms with Crippen LogP contribution < -0.4 is 15.8 Å². The highest BCUT2D eigenvalue weighted by Crippen LogP contribution is 2.46. The van der Waals surface area contributed by atoms with Crippen LogP contribution in [-0.2, 0) is 31.1 Å². The lowest BCUT2D eigenvalue weighted by Crippen LogP contribution is -2.47. The average Bonchev–Trinajstić information content (AvgIpc) is 3.83. The zero-order valence-corrected chi connectivity index (χ0v) is 28.2. The maximum atomic E-state index is 14.7. The van der Waals surface area contributed by atoms with E-state index >= 15 is 0 Å². The van der Waals surface area contributed by atoms with Crippen molar-refractivity contribution in [1.29, 1.82) is 0 Å². The number of halogens is 1. The summed E-state index contributed by atoms with van der Waals surface area (Å²) in [6.45, 7) is 1.03. The Morgan fingerprint density at radius 3 is 2.40 bits per heavy atom. The SMILES string of the molecule is NCc1ccc(-c2cc(S(=O)(=O)N3CCC4(CC3)C[C@@H](NCC(O)COc3cccc(S(=O)(=O)C5(CO)CC5)c3)CO4)ccc2F)cc1. The number of aliphatic hydroxyl groups is 2. The van der Waals surface area contributed by atoms with Gasteiger partial charge in [0.1, 0.15) is 24.3 Å². The van der Waals surface area contributed by atoms with Crippen molar-refractivity contribution in [1.82, 2.24) is 9.62 Å². The van der Waals surface area contributed by atoms with E-state index in [0.29, 0.717) is 56.6 Å². The molecule has 1 spiro atoms. The third-order valence-electron chi connectivity index (χ3n) is 9.79. The average molecular weight is 704 g/mol. The minimum absolute atomic E-state index is 0.0335. The number of rotatable bonds is 13. The van der Waals surface area contributed by atoms with E-state index in [1.807, 2.05) is 0 Å². The number of hydrogen-bond donors (Lipinski definition) is 4. The van der Waals surface area contributed by atoms with Gasteiger partial charge in [0.2, 0.25) is 10.0 Å². The Balaban J connectivity index is 0.987. The van der Waals surface area contributed by atoms with Crippen LogP contribution in [-0.4, -0.2) is 93.3 Å². The normalized spacial score (nSPS) is 21.3. The molecule has 6 rings (SSSR count). The lowest BCUT2D eigenvalue weighted by molar-refractivity contribution is -0.0312. The Morgan fingerprint density at radius 1 is 1.00 bits per heavy atom. The Kier molecular flexibility index (Phi) is 10.00. The van der Waals surface area contributed by atoms with E-state index in [9.17, 15) is 31.4 Å². The molecule has 1 aliphatic carbocycles. The largest absolute Gasteiger partial charge is 0.491 e. The number of piperidine rings is 1. The Hall–Kier alpha value is -2.95. The summed E-state index contributed by atoms with van der Waals surface area (Å²) in [5.41, 5.74) is 6.85. The van der Waals surface area contributed by atoms with Crippen molar-refractivity contribution in [3.8, 4) is 16.9 Å². The zero-order valence-electron chi connectivity index (χ0n) is 26.6. The van der Waals surface area contributed by atoms with Crippen molar-refractivity contribution < 1.29 is 40.9 Å². The zero-order chi connectivity index (χ0) is 34.2. The fourth-order valence-corrected chi connectivity index (χ4v) is 9.81. The summed E-state index contributed by atoms with van der Waals surface area (Å²) in [7, 11) is -7.55. The van der Waals surface area contributed by atoms with E-state index in [0.717, 1.165) is 5.56 Å². The van der Waals surface area contributed by atoms with Crippen molar-refractivity contribution in [3.05, 3.63) is 78.1 Å². The van der Waals surface area contributed by atoms with Crippen LogP contribution in [0.2, 0.25) is 0 Å². The number of sulfonamides is 1. The Morgan fingerprint density at radius 2 is 1.73 bits per heavy atom. The lowest BCUT2D eigenvalue weighted by atomic mass is 9.88. The molecule has 2 atom stereocenters. The maximum Gasteiger partial charge on any atom is 0.243 e. The quantitative estimate of drug-likeness (QED) is 0.208. The van der Waals surface area contributed by atoms with Gasteiger partial charge in [0.05, 0.1) is 33.4 Å². The molecule has 11 nitrogen and oxygen atoms in total. The molecule has 3 fully saturated rings. The second-order valence-corrected chi connectivity index (χ2v) is 17.3. The van der Waals surface area contributed by atoms with E-state index in [1.165, 1.54) is 34.6 Å². The van der Waals surface area contributed by atoms with Gasteiger partial charge in [-0.15, -0.1) is 0 Å². The molecule has 2 aliphatic heterocycles. The standard InChI is InChI=1S/C34H42FN3O8S2/c35-32-9-8-30(17-31(32)25-6-4-24(19-36)5-7-25)48(43,44)38-14-12-33(13-15-38)18-26(21-46-33)37-20-27(40)22-45-28-2-1-3-29(16-28)47(41,42)34(23-39)10-11-34/h1-9,16-17,26-27,37,39-40H,10-15,18-23,36H2/t26-,27?/m1/s1.